The van der Waals surface area contributed by atoms with Crippen molar-refractivity contribution in [3.8, 4) is 5.69 Å². The molecule has 4 nitrogen and oxygen atoms in total. The molecule has 1 heterocycles. The fourth-order valence-corrected chi connectivity index (χ4v) is 3.08. The number of aryl methyl sites for hydroxylation is 1. The molecule has 6 heteroatoms. The molecule has 0 saturated carbocycles. The van der Waals surface area contributed by atoms with Gasteiger partial charge in [-0.1, -0.05) is 29.3 Å². The Labute approximate surface area is 162 Å². The summed E-state index contributed by atoms with van der Waals surface area (Å²) in [4.78, 5) is 12.1. The summed E-state index contributed by atoms with van der Waals surface area (Å²) in [6, 6.07) is 16.4. The van der Waals surface area contributed by atoms with Crippen molar-refractivity contribution in [1.29, 1.82) is 0 Å². The van der Waals surface area contributed by atoms with Gasteiger partial charge >= 0.3 is 0 Å². The molecule has 132 valence electrons. The fraction of sp³-hybridized carbons (Fsp3) is 0.100. The van der Waals surface area contributed by atoms with Crippen molar-refractivity contribution in [2.24, 2.45) is 5.10 Å². The van der Waals surface area contributed by atoms with E-state index in [1.807, 2.05) is 44.2 Å². The summed E-state index contributed by atoms with van der Waals surface area (Å²) in [5.41, 5.74) is 7.00. The van der Waals surface area contributed by atoms with E-state index in [0.29, 0.717) is 15.6 Å². The lowest BCUT2D eigenvalue weighted by atomic mass is 10.2. The number of benzene rings is 2. The van der Waals surface area contributed by atoms with Gasteiger partial charge in [0.2, 0.25) is 0 Å². The molecule has 0 spiro atoms. The number of halogens is 2. The molecule has 0 aliphatic heterocycles. The number of aromatic nitrogens is 1. The largest absolute Gasteiger partial charge is 0.318 e. The topological polar surface area (TPSA) is 46.4 Å². The first-order chi connectivity index (χ1) is 12.5. The first-order valence-electron chi connectivity index (χ1n) is 7.99. The van der Waals surface area contributed by atoms with Gasteiger partial charge in [-0.15, -0.1) is 0 Å². The van der Waals surface area contributed by atoms with E-state index < -0.39 is 0 Å². The fourth-order valence-electron chi connectivity index (χ4n) is 2.76. The first kappa shape index (κ1) is 18.2. The van der Waals surface area contributed by atoms with Gasteiger partial charge in [-0.2, -0.15) is 5.10 Å². The molecule has 0 unspecified atom stereocenters. The van der Waals surface area contributed by atoms with Crippen molar-refractivity contribution >= 4 is 35.3 Å². The van der Waals surface area contributed by atoms with E-state index in [-0.39, 0.29) is 5.91 Å². The first-order valence-corrected chi connectivity index (χ1v) is 8.75. The van der Waals surface area contributed by atoms with Crippen molar-refractivity contribution < 1.29 is 4.79 Å². The smallest absolute Gasteiger partial charge is 0.271 e. The molecule has 0 atom stereocenters. The normalized spacial score (nSPS) is 11.1. The number of rotatable bonds is 4. The second-order valence-electron chi connectivity index (χ2n) is 5.85. The molecule has 0 aliphatic carbocycles. The maximum absolute atomic E-state index is 12.1. The summed E-state index contributed by atoms with van der Waals surface area (Å²) in [6.07, 6.45) is 1.64. The van der Waals surface area contributed by atoms with E-state index in [4.69, 9.17) is 23.2 Å². The number of nitrogens with zero attached hydrogens (tertiary/aromatic N) is 2. The lowest BCUT2D eigenvalue weighted by Crippen LogP contribution is -2.17. The second kappa shape index (κ2) is 7.77. The molecule has 0 saturated heterocycles. The minimum Gasteiger partial charge on any atom is -0.318 e. The van der Waals surface area contributed by atoms with Crippen LogP contribution in [-0.4, -0.2) is 16.7 Å². The zero-order valence-corrected chi connectivity index (χ0v) is 15.8. The second-order valence-corrected chi connectivity index (χ2v) is 6.72. The van der Waals surface area contributed by atoms with Crippen LogP contribution in [0.4, 0.5) is 0 Å². The van der Waals surface area contributed by atoms with E-state index in [9.17, 15) is 4.79 Å². The molecule has 2 aromatic carbocycles. The van der Waals surface area contributed by atoms with Crippen LogP contribution in [0.2, 0.25) is 10.0 Å². The average Bonchev–Trinajstić information content (AvgIpc) is 2.89. The highest BCUT2D eigenvalue weighted by atomic mass is 35.5. The highest BCUT2D eigenvalue weighted by molar-refractivity contribution is 6.31. The standard InChI is InChI=1S/C20H17Cl2N3O/c1-13-10-16(14(2)25(13)19-8-6-17(21)7-9-19)12-23-24-20(26)15-4-3-5-18(22)11-15/h3-12H,1-2H3,(H,24,26)/b23-12-. The number of hydrazone groups is 1. The van der Waals surface area contributed by atoms with Crippen LogP contribution in [0.1, 0.15) is 27.3 Å². The number of carbonyl (C=O) groups excluding carboxylic acids is 1. The van der Waals surface area contributed by atoms with Crippen molar-refractivity contribution in [3.63, 3.8) is 0 Å². The zero-order valence-electron chi connectivity index (χ0n) is 14.3. The third-order valence-electron chi connectivity index (χ3n) is 4.01. The van der Waals surface area contributed by atoms with Crippen LogP contribution in [0.5, 0.6) is 0 Å². The summed E-state index contributed by atoms with van der Waals surface area (Å²) in [7, 11) is 0. The Kier molecular flexibility index (Phi) is 5.45. The molecule has 26 heavy (non-hydrogen) atoms. The van der Waals surface area contributed by atoms with Crippen molar-refractivity contribution in [1.82, 2.24) is 9.99 Å². The maximum Gasteiger partial charge on any atom is 0.271 e. The summed E-state index contributed by atoms with van der Waals surface area (Å²) in [5, 5.41) is 5.27. The molecule has 0 aliphatic rings. The number of hydrogen-bond donors (Lipinski definition) is 1. The third kappa shape index (κ3) is 3.98. The van der Waals surface area contributed by atoms with Gasteiger partial charge < -0.3 is 4.57 Å². The third-order valence-corrected chi connectivity index (χ3v) is 4.50. The van der Waals surface area contributed by atoms with E-state index in [1.165, 1.54) is 0 Å². The Morgan fingerprint density at radius 1 is 1.04 bits per heavy atom. The Morgan fingerprint density at radius 3 is 2.46 bits per heavy atom. The van der Waals surface area contributed by atoms with Crippen LogP contribution in [0.25, 0.3) is 5.69 Å². The molecule has 3 aromatic rings. The molecule has 1 N–H and O–H groups in total. The van der Waals surface area contributed by atoms with Crippen molar-refractivity contribution in [2.45, 2.75) is 13.8 Å². The van der Waals surface area contributed by atoms with Crippen LogP contribution in [0.3, 0.4) is 0 Å². The lowest BCUT2D eigenvalue weighted by Gasteiger charge is -2.09. The molecular weight excluding hydrogens is 369 g/mol. The molecular formula is C20H17Cl2N3O. The van der Waals surface area contributed by atoms with Crippen LogP contribution in [0, 0.1) is 13.8 Å². The molecule has 1 aromatic heterocycles. The molecule has 3 rings (SSSR count). The summed E-state index contributed by atoms with van der Waals surface area (Å²) < 4.78 is 2.11. The predicted octanol–water partition coefficient (Wildman–Crippen LogP) is 5.16. The van der Waals surface area contributed by atoms with Crippen LogP contribution < -0.4 is 5.43 Å². The minimum absolute atomic E-state index is 0.310. The highest BCUT2D eigenvalue weighted by Gasteiger charge is 2.10. The van der Waals surface area contributed by atoms with Crippen molar-refractivity contribution in [3.05, 3.63) is 87.2 Å². The SMILES string of the molecule is Cc1cc(/C=N\NC(=O)c2cccc(Cl)c2)c(C)n1-c1ccc(Cl)cc1. The van der Waals surface area contributed by atoms with Gasteiger partial charge in [-0.05, 0) is 62.4 Å². The van der Waals surface area contributed by atoms with Crippen LogP contribution in [0.15, 0.2) is 59.7 Å². The number of nitrogens with one attached hydrogen (secondary N) is 1. The quantitative estimate of drug-likeness (QED) is 0.488. The van der Waals surface area contributed by atoms with E-state index in [0.717, 1.165) is 22.6 Å². The number of hydrogen-bond acceptors (Lipinski definition) is 2. The summed E-state index contributed by atoms with van der Waals surface area (Å²) in [5.74, 6) is -0.310. The number of carbonyl (C=O) groups is 1. The molecule has 0 bridgehead atoms. The Morgan fingerprint density at radius 2 is 1.77 bits per heavy atom. The molecule has 0 fully saturated rings. The lowest BCUT2D eigenvalue weighted by molar-refractivity contribution is 0.0955. The van der Waals surface area contributed by atoms with Gasteiger partial charge in [0.15, 0.2) is 0 Å². The number of amides is 1. The minimum atomic E-state index is -0.310. The Balaban J connectivity index is 1.78. The summed E-state index contributed by atoms with van der Waals surface area (Å²) >= 11 is 11.9. The van der Waals surface area contributed by atoms with Gasteiger partial charge in [-0.25, -0.2) is 5.43 Å². The average molecular weight is 386 g/mol. The van der Waals surface area contributed by atoms with Crippen LogP contribution in [-0.2, 0) is 0 Å². The zero-order chi connectivity index (χ0) is 18.7. The van der Waals surface area contributed by atoms with Gasteiger partial charge in [0.25, 0.3) is 5.91 Å². The van der Waals surface area contributed by atoms with Gasteiger partial charge in [0.1, 0.15) is 0 Å². The molecule has 1 amide bonds. The van der Waals surface area contributed by atoms with Crippen LogP contribution >= 0.6 is 23.2 Å². The monoisotopic (exact) mass is 385 g/mol. The molecule has 0 radical (unpaired) electrons. The van der Waals surface area contributed by atoms with Crippen molar-refractivity contribution in [2.75, 3.05) is 0 Å². The Bertz CT molecular complexity index is 975. The van der Waals surface area contributed by atoms with Gasteiger partial charge in [0.05, 0.1) is 6.21 Å². The van der Waals surface area contributed by atoms with E-state index in [1.54, 1.807) is 30.5 Å². The van der Waals surface area contributed by atoms with Gasteiger partial charge in [-0.3, -0.25) is 4.79 Å². The highest BCUT2D eigenvalue weighted by Crippen LogP contribution is 2.21. The summed E-state index contributed by atoms with van der Waals surface area (Å²) in [6.45, 7) is 4.02. The maximum atomic E-state index is 12.1. The Hall–Kier alpha value is -2.56. The van der Waals surface area contributed by atoms with Gasteiger partial charge in [0, 0.05) is 38.2 Å². The predicted molar refractivity (Wildman–Crippen MR) is 107 cm³/mol. The van der Waals surface area contributed by atoms with E-state index in [2.05, 4.69) is 15.1 Å². The van der Waals surface area contributed by atoms with E-state index >= 15 is 0 Å².